The van der Waals surface area contributed by atoms with Gasteiger partial charge < -0.3 is 9.47 Å². The Kier molecular flexibility index (Phi) is 4.36. The highest BCUT2D eigenvalue weighted by Crippen LogP contribution is 2.32. The van der Waals surface area contributed by atoms with Crippen molar-refractivity contribution >= 4 is 16.9 Å². The van der Waals surface area contributed by atoms with E-state index in [0.29, 0.717) is 12.0 Å². The topological polar surface area (TPSA) is 38.1 Å². The van der Waals surface area contributed by atoms with Crippen molar-refractivity contribution in [2.75, 3.05) is 13.1 Å². The lowest BCUT2D eigenvalue weighted by Gasteiger charge is -2.33. The molecule has 1 amide bonds. The standard InChI is InChI=1S/C21H27N3O/c1-15(2)24-19-12-6-5-11-18(19)22-20(24)17-10-7-13-23(14-17)21(25)16-8-3-4-9-16/h5-6,8,11-12,15,17H,3-4,7,9-10,13-14H2,1-2H3. The van der Waals surface area contributed by atoms with Crippen LogP contribution in [0.1, 0.15) is 63.7 Å². The van der Waals surface area contributed by atoms with Gasteiger partial charge in [0.25, 0.3) is 0 Å². The molecule has 0 radical (unpaired) electrons. The highest BCUT2D eigenvalue weighted by molar-refractivity contribution is 5.94. The van der Waals surface area contributed by atoms with E-state index in [2.05, 4.69) is 47.6 Å². The van der Waals surface area contributed by atoms with Crippen molar-refractivity contribution in [2.24, 2.45) is 0 Å². The van der Waals surface area contributed by atoms with Crippen molar-refractivity contribution in [3.05, 3.63) is 41.7 Å². The number of amides is 1. The molecule has 1 atom stereocenters. The number of hydrogen-bond donors (Lipinski definition) is 0. The van der Waals surface area contributed by atoms with Crippen LogP contribution in [0.25, 0.3) is 11.0 Å². The minimum absolute atomic E-state index is 0.259. The van der Waals surface area contributed by atoms with E-state index in [1.807, 2.05) is 6.07 Å². The van der Waals surface area contributed by atoms with Gasteiger partial charge in [0.1, 0.15) is 5.82 Å². The van der Waals surface area contributed by atoms with E-state index in [0.717, 1.165) is 62.1 Å². The van der Waals surface area contributed by atoms with Crippen LogP contribution in [0.4, 0.5) is 0 Å². The Morgan fingerprint density at radius 1 is 1.24 bits per heavy atom. The number of nitrogens with zero attached hydrogens (tertiary/aromatic N) is 3. The molecule has 0 bridgehead atoms. The summed E-state index contributed by atoms with van der Waals surface area (Å²) in [5.41, 5.74) is 3.29. The van der Waals surface area contributed by atoms with Gasteiger partial charge in [-0.25, -0.2) is 4.98 Å². The summed E-state index contributed by atoms with van der Waals surface area (Å²) >= 11 is 0. The number of rotatable bonds is 3. The first-order valence-electron chi connectivity index (χ1n) is 9.60. The van der Waals surface area contributed by atoms with Gasteiger partial charge >= 0.3 is 0 Å². The maximum Gasteiger partial charge on any atom is 0.249 e. The van der Waals surface area contributed by atoms with Crippen LogP contribution in [0.2, 0.25) is 0 Å². The van der Waals surface area contributed by atoms with E-state index >= 15 is 0 Å². The zero-order chi connectivity index (χ0) is 17.4. The fraction of sp³-hybridized carbons (Fsp3) is 0.524. The number of carbonyl (C=O) groups excluding carboxylic acids is 1. The fourth-order valence-corrected chi connectivity index (χ4v) is 4.33. The van der Waals surface area contributed by atoms with Gasteiger partial charge in [0.2, 0.25) is 5.91 Å². The van der Waals surface area contributed by atoms with Crippen LogP contribution in [0.15, 0.2) is 35.9 Å². The molecule has 1 unspecified atom stereocenters. The van der Waals surface area contributed by atoms with Crippen molar-refractivity contribution in [1.29, 1.82) is 0 Å². The van der Waals surface area contributed by atoms with Crippen LogP contribution in [0.5, 0.6) is 0 Å². The second-order valence-corrected chi connectivity index (χ2v) is 7.63. The summed E-state index contributed by atoms with van der Waals surface area (Å²) in [5.74, 6) is 1.73. The van der Waals surface area contributed by atoms with Gasteiger partial charge in [0, 0.05) is 30.6 Å². The maximum atomic E-state index is 12.8. The van der Waals surface area contributed by atoms with Gasteiger partial charge in [-0.2, -0.15) is 0 Å². The molecule has 1 fully saturated rings. The monoisotopic (exact) mass is 337 g/mol. The Morgan fingerprint density at radius 2 is 2.08 bits per heavy atom. The number of aromatic nitrogens is 2. The lowest BCUT2D eigenvalue weighted by Crippen LogP contribution is -2.40. The minimum atomic E-state index is 0.259. The number of allylic oxidation sites excluding steroid dienone is 1. The highest BCUT2D eigenvalue weighted by Gasteiger charge is 2.30. The minimum Gasteiger partial charge on any atom is -0.338 e. The summed E-state index contributed by atoms with van der Waals surface area (Å²) in [4.78, 5) is 19.8. The molecule has 0 saturated carbocycles. The summed E-state index contributed by atoms with van der Waals surface area (Å²) in [6, 6.07) is 8.74. The van der Waals surface area contributed by atoms with Gasteiger partial charge in [-0.15, -0.1) is 0 Å². The number of para-hydroxylation sites is 2. The second-order valence-electron chi connectivity index (χ2n) is 7.63. The van der Waals surface area contributed by atoms with Crippen molar-refractivity contribution in [3.63, 3.8) is 0 Å². The molecule has 4 heteroatoms. The van der Waals surface area contributed by atoms with Crippen LogP contribution < -0.4 is 0 Å². The van der Waals surface area contributed by atoms with Gasteiger partial charge in [-0.3, -0.25) is 4.79 Å². The zero-order valence-electron chi connectivity index (χ0n) is 15.2. The third kappa shape index (κ3) is 2.99. The quantitative estimate of drug-likeness (QED) is 0.831. The van der Waals surface area contributed by atoms with Crippen molar-refractivity contribution < 1.29 is 4.79 Å². The van der Waals surface area contributed by atoms with Crippen LogP contribution in [-0.4, -0.2) is 33.4 Å². The molecule has 1 saturated heterocycles. The molecule has 0 N–H and O–H groups in total. The molecule has 4 nitrogen and oxygen atoms in total. The largest absolute Gasteiger partial charge is 0.338 e. The summed E-state index contributed by atoms with van der Waals surface area (Å²) in [7, 11) is 0. The first kappa shape index (κ1) is 16.4. The predicted octanol–water partition coefficient (Wildman–Crippen LogP) is 4.43. The van der Waals surface area contributed by atoms with Gasteiger partial charge in [0.05, 0.1) is 11.0 Å². The summed E-state index contributed by atoms with van der Waals surface area (Å²) in [6.45, 7) is 6.11. The van der Waals surface area contributed by atoms with Crippen molar-refractivity contribution in [2.45, 2.75) is 57.9 Å². The molecule has 1 aromatic heterocycles. The van der Waals surface area contributed by atoms with Crippen LogP contribution in [0, 0.1) is 0 Å². The predicted molar refractivity (Wildman–Crippen MR) is 101 cm³/mol. The fourth-order valence-electron chi connectivity index (χ4n) is 4.33. The van der Waals surface area contributed by atoms with Crippen molar-refractivity contribution in [1.82, 2.24) is 14.5 Å². The molecule has 1 aliphatic carbocycles. The number of benzene rings is 1. The van der Waals surface area contributed by atoms with E-state index < -0.39 is 0 Å². The molecular formula is C21H27N3O. The summed E-state index contributed by atoms with van der Waals surface area (Å²) < 4.78 is 2.36. The summed E-state index contributed by atoms with van der Waals surface area (Å²) in [5, 5.41) is 0. The van der Waals surface area contributed by atoms with E-state index in [1.165, 1.54) is 5.52 Å². The molecule has 2 aromatic rings. The van der Waals surface area contributed by atoms with E-state index in [4.69, 9.17) is 4.98 Å². The van der Waals surface area contributed by atoms with E-state index in [-0.39, 0.29) is 5.91 Å². The molecule has 132 valence electrons. The summed E-state index contributed by atoms with van der Waals surface area (Å²) in [6.07, 6.45) is 7.44. The number of carbonyl (C=O) groups is 1. The lowest BCUT2D eigenvalue weighted by atomic mass is 9.96. The molecule has 25 heavy (non-hydrogen) atoms. The van der Waals surface area contributed by atoms with Gasteiger partial charge in [-0.05, 0) is 58.1 Å². The molecule has 2 aliphatic rings. The maximum absolute atomic E-state index is 12.8. The number of fused-ring (bicyclic) bond motifs is 1. The van der Waals surface area contributed by atoms with E-state index in [9.17, 15) is 4.79 Å². The highest BCUT2D eigenvalue weighted by atomic mass is 16.2. The van der Waals surface area contributed by atoms with Gasteiger partial charge in [0.15, 0.2) is 0 Å². The Labute approximate surface area is 149 Å². The van der Waals surface area contributed by atoms with E-state index in [1.54, 1.807) is 0 Å². The third-order valence-corrected chi connectivity index (χ3v) is 5.53. The molecule has 0 spiro atoms. The Bertz CT molecular complexity index is 818. The second kappa shape index (κ2) is 6.66. The number of piperidine rings is 1. The average Bonchev–Trinajstić information content (AvgIpc) is 3.28. The zero-order valence-corrected chi connectivity index (χ0v) is 15.2. The molecule has 4 rings (SSSR count). The third-order valence-electron chi connectivity index (χ3n) is 5.53. The van der Waals surface area contributed by atoms with Crippen LogP contribution in [0.3, 0.4) is 0 Å². The Hall–Kier alpha value is -2.10. The first-order valence-corrected chi connectivity index (χ1v) is 9.60. The smallest absolute Gasteiger partial charge is 0.249 e. The number of likely N-dealkylation sites (tertiary alicyclic amines) is 1. The average molecular weight is 337 g/mol. The number of hydrogen-bond acceptors (Lipinski definition) is 2. The molecule has 1 aromatic carbocycles. The lowest BCUT2D eigenvalue weighted by molar-refractivity contribution is -0.128. The number of imidazole rings is 1. The Morgan fingerprint density at radius 3 is 2.84 bits per heavy atom. The van der Waals surface area contributed by atoms with Crippen LogP contribution >= 0.6 is 0 Å². The molecule has 1 aliphatic heterocycles. The SMILES string of the molecule is CC(C)n1c(C2CCCN(C(=O)C3=CCCC3)C2)nc2ccccc21. The van der Waals surface area contributed by atoms with Crippen LogP contribution in [-0.2, 0) is 4.79 Å². The molecule has 2 heterocycles. The van der Waals surface area contributed by atoms with Crippen molar-refractivity contribution in [3.8, 4) is 0 Å². The normalized spacial score (nSPS) is 21.2. The first-order chi connectivity index (χ1) is 12.1. The Balaban J connectivity index is 1.64. The van der Waals surface area contributed by atoms with Gasteiger partial charge in [-0.1, -0.05) is 18.2 Å². The molecular weight excluding hydrogens is 310 g/mol.